The van der Waals surface area contributed by atoms with Crippen molar-refractivity contribution in [1.29, 1.82) is 0 Å². The molecule has 1 aromatic heterocycles. The molecule has 2 aromatic rings. The van der Waals surface area contributed by atoms with Gasteiger partial charge in [-0.2, -0.15) is 5.10 Å². The Balaban J connectivity index is 2.19. The minimum absolute atomic E-state index is 0.00593. The summed E-state index contributed by atoms with van der Waals surface area (Å²) in [7, 11) is 0. The highest BCUT2D eigenvalue weighted by Gasteiger charge is 2.11. The van der Waals surface area contributed by atoms with Gasteiger partial charge in [0.25, 0.3) is 0 Å². The van der Waals surface area contributed by atoms with E-state index in [1.807, 2.05) is 29.8 Å². The van der Waals surface area contributed by atoms with Crippen LogP contribution in [0.25, 0.3) is 0 Å². The van der Waals surface area contributed by atoms with Gasteiger partial charge >= 0.3 is 0 Å². The average Bonchev–Trinajstić information content (AvgIpc) is 2.58. The molecule has 0 aliphatic carbocycles. The molecule has 0 bridgehead atoms. The number of nitrogens with zero attached hydrogens (tertiary/aromatic N) is 2. The van der Waals surface area contributed by atoms with Gasteiger partial charge in [-0.25, -0.2) is 0 Å². The molecule has 0 fully saturated rings. The maximum absolute atomic E-state index is 6.19. The van der Waals surface area contributed by atoms with Crippen LogP contribution in [0.15, 0.2) is 30.3 Å². The average molecular weight is 229 g/mol. The Hall–Kier alpha value is -1.61. The summed E-state index contributed by atoms with van der Waals surface area (Å²) in [4.78, 5) is 0. The van der Waals surface area contributed by atoms with Gasteiger partial charge < -0.3 is 5.73 Å². The van der Waals surface area contributed by atoms with Crippen molar-refractivity contribution in [3.8, 4) is 0 Å². The highest BCUT2D eigenvalue weighted by Crippen LogP contribution is 2.16. The fourth-order valence-corrected chi connectivity index (χ4v) is 1.96. The summed E-state index contributed by atoms with van der Waals surface area (Å²) in [6.07, 6.45) is 0. The number of hydrogen-bond acceptors (Lipinski definition) is 2. The zero-order chi connectivity index (χ0) is 12.4. The Kier molecular flexibility index (Phi) is 3.29. The summed E-state index contributed by atoms with van der Waals surface area (Å²) < 4.78 is 2.00. The van der Waals surface area contributed by atoms with Crippen LogP contribution in [0.5, 0.6) is 0 Å². The lowest BCUT2D eigenvalue weighted by atomic mass is 10.1. The third-order valence-electron chi connectivity index (χ3n) is 3.34. The maximum Gasteiger partial charge on any atom is 0.0625 e. The molecule has 3 heteroatoms. The minimum Gasteiger partial charge on any atom is -0.322 e. The Morgan fingerprint density at radius 2 is 1.82 bits per heavy atom. The topological polar surface area (TPSA) is 43.8 Å². The predicted octanol–water partition coefficient (Wildman–Crippen LogP) is 2.51. The predicted molar refractivity (Wildman–Crippen MR) is 69.8 cm³/mol. The molecule has 3 nitrogen and oxygen atoms in total. The Labute approximate surface area is 102 Å². The van der Waals surface area contributed by atoms with Crippen molar-refractivity contribution in [3.05, 3.63) is 52.8 Å². The molecular formula is C14H19N3. The maximum atomic E-state index is 6.19. The van der Waals surface area contributed by atoms with E-state index in [1.165, 1.54) is 11.3 Å². The zero-order valence-electron chi connectivity index (χ0n) is 10.6. The largest absolute Gasteiger partial charge is 0.322 e. The van der Waals surface area contributed by atoms with E-state index in [2.05, 4.69) is 31.1 Å². The standard InChI is InChI=1S/C14H19N3/c1-10-11(2)16-17(12(10)3)9-14(15)13-7-5-4-6-8-13/h4-8,14H,9,15H2,1-3H3. The summed E-state index contributed by atoms with van der Waals surface area (Å²) in [6.45, 7) is 6.95. The molecule has 1 heterocycles. The molecule has 90 valence electrons. The van der Waals surface area contributed by atoms with Gasteiger partial charge in [-0.05, 0) is 31.9 Å². The lowest BCUT2D eigenvalue weighted by Gasteiger charge is -2.13. The summed E-state index contributed by atoms with van der Waals surface area (Å²) in [5.74, 6) is 0. The molecular weight excluding hydrogens is 210 g/mol. The van der Waals surface area contributed by atoms with Crippen LogP contribution in [0.3, 0.4) is 0 Å². The number of hydrogen-bond donors (Lipinski definition) is 1. The van der Waals surface area contributed by atoms with Gasteiger partial charge in [0.1, 0.15) is 0 Å². The number of benzene rings is 1. The number of rotatable bonds is 3. The lowest BCUT2D eigenvalue weighted by Crippen LogP contribution is -2.19. The quantitative estimate of drug-likeness (QED) is 0.878. The van der Waals surface area contributed by atoms with E-state index in [0.717, 1.165) is 17.8 Å². The first-order valence-electron chi connectivity index (χ1n) is 5.90. The molecule has 2 N–H and O–H groups in total. The van der Waals surface area contributed by atoms with Gasteiger partial charge in [0, 0.05) is 11.7 Å². The summed E-state index contributed by atoms with van der Waals surface area (Å²) >= 11 is 0. The smallest absolute Gasteiger partial charge is 0.0625 e. The van der Waals surface area contributed by atoms with Crippen LogP contribution in [0, 0.1) is 20.8 Å². The van der Waals surface area contributed by atoms with Crippen molar-refractivity contribution in [2.45, 2.75) is 33.4 Å². The van der Waals surface area contributed by atoms with Gasteiger partial charge in [-0.15, -0.1) is 0 Å². The first kappa shape index (κ1) is 11.9. The van der Waals surface area contributed by atoms with E-state index >= 15 is 0 Å². The van der Waals surface area contributed by atoms with Gasteiger partial charge in [-0.3, -0.25) is 4.68 Å². The normalized spacial score (nSPS) is 12.7. The van der Waals surface area contributed by atoms with Crippen molar-refractivity contribution in [2.24, 2.45) is 5.73 Å². The number of aromatic nitrogens is 2. The van der Waals surface area contributed by atoms with Gasteiger partial charge in [0.2, 0.25) is 0 Å². The first-order valence-corrected chi connectivity index (χ1v) is 5.90. The molecule has 0 aliphatic heterocycles. The molecule has 0 aliphatic rings. The molecule has 0 saturated carbocycles. The molecule has 1 aromatic carbocycles. The molecule has 2 rings (SSSR count). The van der Waals surface area contributed by atoms with E-state index in [4.69, 9.17) is 5.73 Å². The number of nitrogens with two attached hydrogens (primary N) is 1. The van der Waals surface area contributed by atoms with E-state index in [0.29, 0.717) is 0 Å². The van der Waals surface area contributed by atoms with Crippen LogP contribution in [-0.4, -0.2) is 9.78 Å². The van der Waals surface area contributed by atoms with Crippen molar-refractivity contribution in [2.75, 3.05) is 0 Å². The second-order valence-corrected chi connectivity index (χ2v) is 4.50. The Morgan fingerprint density at radius 1 is 1.18 bits per heavy atom. The molecule has 17 heavy (non-hydrogen) atoms. The number of aryl methyl sites for hydroxylation is 1. The van der Waals surface area contributed by atoms with Crippen molar-refractivity contribution < 1.29 is 0 Å². The van der Waals surface area contributed by atoms with E-state index in [9.17, 15) is 0 Å². The monoisotopic (exact) mass is 229 g/mol. The van der Waals surface area contributed by atoms with Crippen LogP contribution >= 0.6 is 0 Å². The molecule has 0 amide bonds. The SMILES string of the molecule is Cc1nn(CC(N)c2ccccc2)c(C)c1C. The lowest BCUT2D eigenvalue weighted by molar-refractivity contribution is 0.514. The fourth-order valence-electron chi connectivity index (χ4n) is 1.96. The highest BCUT2D eigenvalue weighted by atomic mass is 15.3. The summed E-state index contributed by atoms with van der Waals surface area (Å²) in [6, 6.07) is 10.1. The molecule has 1 unspecified atom stereocenters. The van der Waals surface area contributed by atoms with Gasteiger partial charge in [-0.1, -0.05) is 30.3 Å². The molecule has 0 spiro atoms. The Morgan fingerprint density at radius 3 is 2.35 bits per heavy atom. The third-order valence-corrected chi connectivity index (χ3v) is 3.34. The first-order chi connectivity index (χ1) is 8.09. The van der Waals surface area contributed by atoms with E-state index in [-0.39, 0.29) is 6.04 Å². The second-order valence-electron chi connectivity index (χ2n) is 4.50. The van der Waals surface area contributed by atoms with Crippen LogP contribution in [0.4, 0.5) is 0 Å². The van der Waals surface area contributed by atoms with Gasteiger partial charge in [0.15, 0.2) is 0 Å². The minimum atomic E-state index is -0.00593. The highest BCUT2D eigenvalue weighted by molar-refractivity contribution is 5.23. The summed E-state index contributed by atoms with van der Waals surface area (Å²) in [5, 5.41) is 4.51. The zero-order valence-corrected chi connectivity index (χ0v) is 10.6. The van der Waals surface area contributed by atoms with E-state index in [1.54, 1.807) is 0 Å². The third kappa shape index (κ3) is 2.39. The van der Waals surface area contributed by atoms with Crippen molar-refractivity contribution >= 4 is 0 Å². The van der Waals surface area contributed by atoms with Crippen molar-refractivity contribution in [1.82, 2.24) is 9.78 Å². The van der Waals surface area contributed by atoms with Crippen LogP contribution < -0.4 is 5.73 Å². The molecule has 1 atom stereocenters. The van der Waals surface area contributed by atoms with Crippen LogP contribution in [-0.2, 0) is 6.54 Å². The molecule has 0 saturated heterocycles. The van der Waals surface area contributed by atoms with Gasteiger partial charge in [0.05, 0.1) is 12.2 Å². The van der Waals surface area contributed by atoms with E-state index < -0.39 is 0 Å². The van der Waals surface area contributed by atoms with Crippen LogP contribution in [0.2, 0.25) is 0 Å². The van der Waals surface area contributed by atoms with Crippen LogP contribution in [0.1, 0.15) is 28.6 Å². The Bertz CT molecular complexity index is 500. The van der Waals surface area contributed by atoms with Crippen molar-refractivity contribution in [3.63, 3.8) is 0 Å². The molecule has 0 radical (unpaired) electrons. The summed E-state index contributed by atoms with van der Waals surface area (Å²) in [5.41, 5.74) is 10.9. The fraction of sp³-hybridized carbons (Fsp3) is 0.357. The second kappa shape index (κ2) is 4.72.